The summed E-state index contributed by atoms with van der Waals surface area (Å²) in [5, 5.41) is 9.21. The maximum Gasteiger partial charge on any atom is 0.119 e. The first-order valence-corrected chi connectivity index (χ1v) is 7.31. The Balaban J connectivity index is 1.64. The normalized spacial score (nSPS) is 27.3. The van der Waals surface area contributed by atoms with E-state index in [0.29, 0.717) is 18.6 Å². The van der Waals surface area contributed by atoms with Gasteiger partial charge in [-0.3, -0.25) is 4.90 Å². The van der Waals surface area contributed by atoms with Crippen LogP contribution < -0.4 is 4.74 Å². The number of nitrogens with zero attached hydrogens (tertiary/aromatic N) is 1. The maximum atomic E-state index is 9.21. The summed E-state index contributed by atoms with van der Waals surface area (Å²) in [7, 11) is 1.73. The standard InChI is InChI=1S/C16H23NO2/c1-19-16-7-4-13-9-17(10-14(13)8-16)15-5-2-12(11-18)3-6-15/h4,7-8,12,15,18H,2-3,5-6,9-11H2,1H3. The van der Waals surface area contributed by atoms with Gasteiger partial charge in [-0.15, -0.1) is 0 Å². The van der Waals surface area contributed by atoms with Crippen LogP contribution in [0.4, 0.5) is 0 Å². The van der Waals surface area contributed by atoms with Crippen molar-refractivity contribution in [2.45, 2.75) is 44.8 Å². The Morgan fingerprint density at radius 2 is 1.89 bits per heavy atom. The Hall–Kier alpha value is -1.06. The summed E-state index contributed by atoms with van der Waals surface area (Å²) in [5.74, 6) is 1.51. The van der Waals surface area contributed by atoms with Crippen LogP contribution >= 0.6 is 0 Å². The second-order valence-corrected chi connectivity index (χ2v) is 5.90. The molecule has 1 aliphatic carbocycles. The molecule has 0 unspecified atom stereocenters. The third-order valence-electron chi connectivity index (χ3n) is 4.75. The van der Waals surface area contributed by atoms with Gasteiger partial charge in [-0.1, -0.05) is 6.07 Å². The molecule has 0 spiro atoms. The summed E-state index contributed by atoms with van der Waals surface area (Å²) >= 11 is 0. The van der Waals surface area contributed by atoms with Gasteiger partial charge < -0.3 is 9.84 Å². The highest BCUT2D eigenvalue weighted by atomic mass is 16.5. The molecule has 0 atom stereocenters. The molecule has 3 heteroatoms. The minimum atomic E-state index is 0.365. The lowest BCUT2D eigenvalue weighted by molar-refractivity contribution is 0.109. The van der Waals surface area contributed by atoms with Crippen LogP contribution in [-0.4, -0.2) is 29.8 Å². The molecule has 3 rings (SSSR count). The van der Waals surface area contributed by atoms with E-state index in [-0.39, 0.29) is 0 Å². The highest BCUT2D eigenvalue weighted by Crippen LogP contribution is 2.34. The van der Waals surface area contributed by atoms with Crippen molar-refractivity contribution in [2.75, 3.05) is 13.7 Å². The smallest absolute Gasteiger partial charge is 0.119 e. The summed E-state index contributed by atoms with van der Waals surface area (Å²) in [6.45, 7) is 2.50. The van der Waals surface area contributed by atoms with Gasteiger partial charge in [0.1, 0.15) is 5.75 Å². The number of hydrogen-bond donors (Lipinski definition) is 1. The molecule has 2 aliphatic rings. The molecule has 0 saturated heterocycles. The average molecular weight is 261 g/mol. The third-order valence-corrected chi connectivity index (χ3v) is 4.75. The topological polar surface area (TPSA) is 32.7 Å². The summed E-state index contributed by atoms with van der Waals surface area (Å²) in [4.78, 5) is 2.59. The third kappa shape index (κ3) is 2.63. The molecule has 104 valence electrons. The van der Waals surface area contributed by atoms with Crippen LogP contribution in [0.3, 0.4) is 0 Å². The SMILES string of the molecule is COc1ccc2c(c1)CN(C1CCC(CO)CC1)C2. The van der Waals surface area contributed by atoms with Gasteiger partial charge in [0, 0.05) is 25.7 Å². The number of fused-ring (bicyclic) bond motifs is 1. The van der Waals surface area contributed by atoms with Crippen molar-refractivity contribution in [1.29, 1.82) is 0 Å². The van der Waals surface area contributed by atoms with E-state index < -0.39 is 0 Å². The summed E-state index contributed by atoms with van der Waals surface area (Å²) < 4.78 is 5.30. The molecule has 1 saturated carbocycles. The van der Waals surface area contributed by atoms with Crippen LogP contribution in [0.25, 0.3) is 0 Å². The van der Waals surface area contributed by atoms with Gasteiger partial charge in [0.15, 0.2) is 0 Å². The predicted octanol–water partition coefficient (Wildman–Crippen LogP) is 2.56. The van der Waals surface area contributed by atoms with E-state index >= 15 is 0 Å². The lowest BCUT2D eigenvalue weighted by Crippen LogP contribution is -2.34. The molecule has 1 aromatic rings. The highest BCUT2D eigenvalue weighted by Gasteiger charge is 2.29. The molecule has 3 nitrogen and oxygen atoms in total. The number of hydrogen-bond acceptors (Lipinski definition) is 3. The zero-order valence-electron chi connectivity index (χ0n) is 11.6. The van der Waals surface area contributed by atoms with E-state index in [9.17, 15) is 5.11 Å². The Kier molecular flexibility index (Phi) is 3.76. The van der Waals surface area contributed by atoms with Crippen LogP contribution in [0, 0.1) is 5.92 Å². The maximum absolute atomic E-state index is 9.21. The number of rotatable bonds is 3. The minimum Gasteiger partial charge on any atom is -0.497 e. The molecular formula is C16H23NO2. The van der Waals surface area contributed by atoms with Crippen LogP contribution in [0.2, 0.25) is 0 Å². The van der Waals surface area contributed by atoms with Gasteiger partial charge in [0.05, 0.1) is 7.11 Å². The Labute approximate surface area is 115 Å². The van der Waals surface area contributed by atoms with Crippen molar-refractivity contribution >= 4 is 0 Å². The fourth-order valence-corrected chi connectivity index (χ4v) is 3.47. The zero-order chi connectivity index (χ0) is 13.2. The number of ether oxygens (including phenoxy) is 1. The fraction of sp³-hybridized carbons (Fsp3) is 0.625. The molecule has 1 aromatic carbocycles. The van der Waals surface area contributed by atoms with E-state index in [4.69, 9.17) is 4.74 Å². The summed E-state index contributed by atoms with van der Waals surface area (Å²) in [5.41, 5.74) is 2.87. The number of aliphatic hydroxyl groups is 1. The first-order valence-electron chi connectivity index (χ1n) is 7.31. The monoisotopic (exact) mass is 261 g/mol. The number of methoxy groups -OCH3 is 1. The Morgan fingerprint density at radius 3 is 2.58 bits per heavy atom. The van der Waals surface area contributed by atoms with E-state index in [0.717, 1.165) is 18.8 Å². The largest absolute Gasteiger partial charge is 0.497 e. The lowest BCUT2D eigenvalue weighted by atomic mass is 9.86. The molecule has 19 heavy (non-hydrogen) atoms. The van der Waals surface area contributed by atoms with Crippen molar-refractivity contribution < 1.29 is 9.84 Å². The van der Waals surface area contributed by atoms with Crippen LogP contribution in [-0.2, 0) is 13.1 Å². The van der Waals surface area contributed by atoms with Gasteiger partial charge in [-0.25, -0.2) is 0 Å². The summed E-state index contributed by atoms with van der Waals surface area (Å²) in [6, 6.07) is 7.13. The van der Waals surface area contributed by atoms with Gasteiger partial charge in [0.25, 0.3) is 0 Å². The molecule has 1 N–H and O–H groups in total. The van der Waals surface area contributed by atoms with E-state index in [1.54, 1.807) is 7.11 Å². The van der Waals surface area contributed by atoms with E-state index in [1.807, 2.05) is 0 Å². The molecule has 1 heterocycles. The molecule has 0 aromatic heterocycles. The average Bonchev–Trinajstić information content (AvgIpc) is 2.90. The first kappa shape index (κ1) is 12.9. The Morgan fingerprint density at radius 1 is 1.16 bits per heavy atom. The highest BCUT2D eigenvalue weighted by molar-refractivity contribution is 5.38. The van der Waals surface area contributed by atoms with Crippen LogP contribution in [0.15, 0.2) is 18.2 Å². The quantitative estimate of drug-likeness (QED) is 0.907. The molecule has 1 aliphatic heterocycles. The van der Waals surface area contributed by atoms with E-state index in [2.05, 4.69) is 23.1 Å². The van der Waals surface area contributed by atoms with Crippen LogP contribution in [0.1, 0.15) is 36.8 Å². The van der Waals surface area contributed by atoms with Gasteiger partial charge in [-0.2, -0.15) is 0 Å². The minimum absolute atomic E-state index is 0.365. The van der Waals surface area contributed by atoms with Gasteiger partial charge >= 0.3 is 0 Å². The lowest BCUT2D eigenvalue weighted by Gasteiger charge is -2.33. The van der Waals surface area contributed by atoms with Gasteiger partial charge in [-0.05, 0) is 54.9 Å². The summed E-state index contributed by atoms with van der Waals surface area (Å²) in [6.07, 6.45) is 4.82. The number of aliphatic hydroxyl groups excluding tert-OH is 1. The van der Waals surface area contributed by atoms with Gasteiger partial charge in [0.2, 0.25) is 0 Å². The Bertz CT molecular complexity index is 438. The van der Waals surface area contributed by atoms with Crippen molar-refractivity contribution in [3.63, 3.8) is 0 Å². The van der Waals surface area contributed by atoms with Crippen molar-refractivity contribution in [1.82, 2.24) is 4.90 Å². The van der Waals surface area contributed by atoms with E-state index in [1.165, 1.54) is 36.8 Å². The molecule has 0 radical (unpaired) electrons. The molecular weight excluding hydrogens is 238 g/mol. The second kappa shape index (κ2) is 5.51. The van der Waals surface area contributed by atoms with Crippen molar-refractivity contribution in [2.24, 2.45) is 5.92 Å². The zero-order valence-corrected chi connectivity index (χ0v) is 11.6. The van der Waals surface area contributed by atoms with Crippen LogP contribution in [0.5, 0.6) is 5.75 Å². The first-order chi connectivity index (χ1) is 9.30. The molecule has 0 bridgehead atoms. The predicted molar refractivity (Wildman–Crippen MR) is 75.1 cm³/mol. The van der Waals surface area contributed by atoms with Crippen molar-refractivity contribution in [3.8, 4) is 5.75 Å². The molecule has 0 amide bonds. The molecule has 1 fully saturated rings. The second-order valence-electron chi connectivity index (χ2n) is 5.90. The number of benzene rings is 1. The fourth-order valence-electron chi connectivity index (χ4n) is 3.47. The van der Waals surface area contributed by atoms with Crippen molar-refractivity contribution in [3.05, 3.63) is 29.3 Å².